The number of benzene rings is 2. The molecule has 4 rings (SSSR count). The van der Waals surface area contributed by atoms with Gasteiger partial charge >= 0.3 is 5.97 Å². The van der Waals surface area contributed by atoms with Crippen LogP contribution in [0.2, 0.25) is 5.02 Å². The Morgan fingerprint density at radius 3 is 2.50 bits per heavy atom. The van der Waals surface area contributed by atoms with Gasteiger partial charge in [-0.15, -0.1) is 0 Å². The van der Waals surface area contributed by atoms with Crippen molar-refractivity contribution in [1.29, 1.82) is 0 Å². The van der Waals surface area contributed by atoms with Crippen LogP contribution in [0.25, 0.3) is 10.9 Å². The second-order valence-electron chi connectivity index (χ2n) is 8.21. The van der Waals surface area contributed by atoms with E-state index >= 15 is 0 Å². The van der Waals surface area contributed by atoms with Gasteiger partial charge in [0, 0.05) is 34.4 Å². The van der Waals surface area contributed by atoms with Crippen LogP contribution in [0.4, 0.5) is 0 Å². The number of ether oxygens (including phenoxy) is 2. The molecule has 2 heterocycles. The molecule has 10 heteroatoms. The SMILES string of the molecule is COc1cc(C(=O)O)ncc1C#Cc1cc(Cl)ccc1CCCS(=O)(=O)c1ccc(OC)c2cccnc12. The lowest BCUT2D eigenvalue weighted by Gasteiger charge is -2.11. The number of rotatable bonds is 8. The minimum Gasteiger partial charge on any atom is -0.496 e. The summed E-state index contributed by atoms with van der Waals surface area (Å²) in [5.74, 6) is 5.56. The van der Waals surface area contributed by atoms with Gasteiger partial charge in [-0.25, -0.2) is 18.2 Å². The van der Waals surface area contributed by atoms with Crippen LogP contribution in [0.5, 0.6) is 11.5 Å². The average molecular weight is 551 g/mol. The Hall–Kier alpha value is -4.13. The maximum Gasteiger partial charge on any atom is 0.354 e. The number of aryl methyl sites for hydroxylation is 1. The van der Waals surface area contributed by atoms with E-state index in [4.69, 9.17) is 26.2 Å². The van der Waals surface area contributed by atoms with Gasteiger partial charge in [0.25, 0.3) is 0 Å². The third-order valence-corrected chi connectivity index (χ3v) is 7.88. The first-order valence-corrected chi connectivity index (χ1v) is 13.5. The maximum absolute atomic E-state index is 13.2. The Morgan fingerprint density at radius 1 is 1.00 bits per heavy atom. The largest absolute Gasteiger partial charge is 0.496 e. The molecule has 2 aromatic heterocycles. The number of pyridine rings is 2. The van der Waals surface area contributed by atoms with Crippen molar-refractivity contribution in [1.82, 2.24) is 9.97 Å². The summed E-state index contributed by atoms with van der Waals surface area (Å²) in [7, 11) is -0.688. The van der Waals surface area contributed by atoms with Gasteiger partial charge < -0.3 is 14.6 Å². The van der Waals surface area contributed by atoms with Gasteiger partial charge in [-0.3, -0.25) is 4.98 Å². The summed E-state index contributed by atoms with van der Waals surface area (Å²) in [4.78, 5) is 19.5. The monoisotopic (exact) mass is 550 g/mol. The number of methoxy groups -OCH3 is 2. The molecule has 0 aliphatic rings. The minimum absolute atomic E-state index is 0.0884. The van der Waals surface area contributed by atoms with E-state index in [1.165, 1.54) is 32.5 Å². The molecule has 0 saturated carbocycles. The fourth-order valence-electron chi connectivity index (χ4n) is 3.95. The lowest BCUT2D eigenvalue weighted by molar-refractivity contribution is 0.0690. The number of aromatic nitrogens is 2. The third-order valence-electron chi connectivity index (χ3n) is 5.82. The summed E-state index contributed by atoms with van der Waals surface area (Å²) in [5, 5.41) is 10.2. The van der Waals surface area contributed by atoms with Crippen molar-refractivity contribution in [2.45, 2.75) is 17.7 Å². The van der Waals surface area contributed by atoms with Crippen molar-refractivity contribution in [3.8, 4) is 23.3 Å². The standard InChI is InChI=1S/C28H23ClN2O6S/c1-36-24-11-12-26(27-22(24)6-3-13-30-27)38(34,35)14-4-5-18-9-10-21(29)15-19(18)7-8-20-17-31-23(28(32)33)16-25(20)37-2/h3,6,9-13,15-17H,4-5,14H2,1-2H3,(H,32,33). The number of hydrogen-bond acceptors (Lipinski definition) is 7. The molecule has 0 aliphatic heterocycles. The van der Waals surface area contributed by atoms with Crippen molar-refractivity contribution >= 4 is 38.3 Å². The number of aromatic carboxylic acids is 1. The first kappa shape index (κ1) is 26.9. The highest BCUT2D eigenvalue weighted by atomic mass is 35.5. The summed E-state index contributed by atoms with van der Waals surface area (Å²) >= 11 is 6.20. The number of sulfone groups is 1. The number of fused-ring (bicyclic) bond motifs is 1. The maximum atomic E-state index is 13.2. The van der Waals surface area contributed by atoms with E-state index in [0.29, 0.717) is 45.6 Å². The number of halogens is 1. The lowest BCUT2D eigenvalue weighted by atomic mass is 10.0. The molecule has 0 fully saturated rings. The van der Waals surface area contributed by atoms with Crippen LogP contribution in [0, 0.1) is 11.8 Å². The molecule has 0 aliphatic carbocycles. The molecular formula is C28H23ClN2O6S. The number of carboxylic acids is 1. The van der Waals surface area contributed by atoms with Crippen LogP contribution in [0.15, 0.2) is 65.8 Å². The van der Waals surface area contributed by atoms with Crippen LogP contribution in [-0.4, -0.2) is 49.4 Å². The van der Waals surface area contributed by atoms with E-state index in [-0.39, 0.29) is 22.1 Å². The predicted molar refractivity (Wildman–Crippen MR) is 144 cm³/mol. The molecule has 0 bridgehead atoms. The summed E-state index contributed by atoms with van der Waals surface area (Å²) in [6.45, 7) is 0. The van der Waals surface area contributed by atoms with Crippen LogP contribution >= 0.6 is 11.6 Å². The second kappa shape index (κ2) is 11.5. The van der Waals surface area contributed by atoms with Gasteiger partial charge in [0.1, 0.15) is 11.5 Å². The normalized spacial score (nSPS) is 11.0. The molecule has 38 heavy (non-hydrogen) atoms. The zero-order chi connectivity index (χ0) is 27.3. The molecule has 8 nitrogen and oxygen atoms in total. The molecule has 0 amide bonds. The molecule has 4 aromatic rings. The Labute approximate surface area is 225 Å². The van der Waals surface area contributed by atoms with Gasteiger partial charge in [0.15, 0.2) is 15.5 Å². The summed E-state index contributed by atoms with van der Waals surface area (Å²) in [5.41, 5.74) is 2.07. The Kier molecular flexibility index (Phi) is 8.15. The van der Waals surface area contributed by atoms with Gasteiger partial charge in [-0.1, -0.05) is 29.5 Å². The Bertz CT molecular complexity index is 1690. The number of carboxylic acid groups (broad SMARTS) is 1. The lowest BCUT2D eigenvalue weighted by Crippen LogP contribution is -2.09. The van der Waals surface area contributed by atoms with E-state index in [1.807, 2.05) is 6.07 Å². The fourth-order valence-corrected chi connectivity index (χ4v) is 5.60. The topological polar surface area (TPSA) is 116 Å². The van der Waals surface area contributed by atoms with Crippen LogP contribution < -0.4 is 9.47 Å². The average Bonchev–Trinajstić information content (AvgIpc) is 2.91. The van der Waals surface area contributed by atoms with Crippen molar-refractivity contribution in [3.05, 3.63) is 88.3 Å². The quantitative estimate of drug-likeness (QED) is 0.311. The molecule has 0 atom stereocenters. The minimum atomic E-state index is -3.63. The molecule has 1 N–H and O–H groups in total. The number of nitrogens with zero attached hydrogens (tertiary/aromatic N) is 2. The smallest absolute Gasteiger partial charge is 0.354 e. The molecule has 194 valence electrons. The molecule has 2 aromatic carbocycles. The highest BCUT2D eigenvalue weighted by Gasteiger charge is 2.20. The highest BCUT2D eigenvalue weighted by Crippen LogP contribution is 2.30. The van der Waals surface area contributed by atoms with Crippen LogP contribution in [-0.2, 0) is 16.3 Å². The summed E-state index contributed by atoms with van der Waals surface area (Å²) < 4.78 is 37.1. The summed E-state index contributed by atoms with van der Waals surface area (Å²) in [6, 6.07) is 13.2. The Balaban J connectivity index is 1.56. The van der Waals surface area contributed by atoms with Crippen LogP contribution in [0.1, 0.15) is 33.6 Å². The van der Waals surface area contributed by atoms with Crippen molar-refractivity contribution in [2.75, 3.05) is 20.0 Å². The number of carbonyl (C=O) groups is 1. The van der Waals surface area contributed by atoms with E-state index in [2.05, 4.69) is 21.8 Å². The summed E-state index contributed by atoms with van der Waals surface area (Å²) in [6.07, 6.45) is 3.67. The van der Waals surface area contributed by atoms with Gasteiger partial charge in [0.2, 0.25) is 0 Å². The molecule has 0 spiro atoms. The van der Waals surface area contributed by atoms with Crippen molar-refractivity contribution < 1.29 is 27.8 Å². The second-order valence-corrected chi connectivity index (χ2v) is 10.7. The van der Waals surface area contributed by atoms with Crippen LogP contribution in [0.3, 0.4) is 0 Å². The van der Waals surface area contributed by atoms with Crippen molar-refractivity contribution in [3.63, 3.8) is 0 Å². The molecular weight excluding hydrogens is 528 g/mol. The molecule has 0 unspecified atom stereocenters. The van der Waals surface area contributed by atoms with Gasteiger partial charge in [0.05, 0.1) is 35.9 Å². The van der Waals surface area contributed by atoms with E-state index < -0.39 is 15.8 Å². The first-order chi connectivity index (χ1) is 18.2. The first-order valence-electron chi connectivity index (χ1n) is 11.5. The fraction of sp³-hybridized carbons (Fsp3) is 0.179. The predicted octanol–water partition coefficient (Wildman–Crippen LogP) is 4.80. The zero-order valence-electron chi connectivity index (χ0n) is 20.6. The van der Waals surface area contributed by atoms with E-state index in [1.54, 1.807) is 36.5 Å². The van der Waals surface area contributed by atoms with Gasteiger partial charge in [-0.05, 0) is 54.8 Å². The van der Waals surface area contributed by atoms with Crippen molar-refractivity contribution in [2.24, 2.45) is 0 Å². The zero-order valence-corrected chi connectivity index (χ0v) is 22.1. The highest BCUT2D eigenvalue weighted by molar-refractivity contribution is 7.91. The molecule has 0 radical (unpaired) electrons. The number of hydrogen-bond donors (Lipinski definition) is 1. The van der Waals surface area contributed by atoms with E-state index in [0.717, 1.165) is 5.56 Å². The third kappa shape index (κ3) is 5.88. The molecule has 0 saturated heterocycles. The Morgan fingerprint density at radius 2 is 1.76 bits per heavy atom. The van der Waals surface area contributed by atoms with E-state index in [9.17, 15) is 13.2 Å². The van der Waals surface area contributed by atoms with Gasteiger partial charge in [-0.2, -0.15) is 0 Å².